The van der Waals surface area contributed by atoms with Crippen LogP contribution >= 0.6 is 0 Å². The Labute approximate surface area is 176 Å². The van der Waals surface area contributed by atoms with Gasteiger partial charge in [-0.2, -0.15) is 5.26 Å². The van der Waals surface area contributed by atoms with Crippen molar-refractivity contribution in [3.63, 3.8) is 0 Å². The quantitative estimate of drug-likeness (QED) is 0.724. The molecule has 0 aliphatic carbocycles. The number of hydrogen-bond donors (Lipinski definition) is 1. The minimum absolute atomic E-state index is 0.0663. The number of carbonyl (C=O) groups is 1. The summed E-state index contributed by atoms with van der Waals surface area (Å²) in [5, 5.41) is 12.7. The van der Waals surface area contributed by atoms with E-state index in [1.54, 1.807) is 14.0 Å². The van der Waals surface area contributed by atoms with Gasteiger partial charge in [0.1, 0.15) is 11.9 Å². The number of anilines is 2. The van der Waals surface area contributed by atoms with Gasteiger partial charge >= 0.3 is 5.97 Å². The van der Waals surface area contributed by atoms with E-state index < -0.39 is 5.97 Å². The van der Waals surface area contributed by atoms with Gasteiger partial charge in [0.15, 0.2) is 0 Å². The maximum absolute atomic E-state index is 14.4. The van der Waals surface area contributed by atoms with Crippen LogP contribution in [0.5, 0.6) is 0 Å². The summed E-state index contributed by atoms with van der Waals surface area (Å²) < 4.78 is 24.4. The Morgan fingerprint density at radius 1 is 1.27 bits per heavy atom. The number of nitrogens with one attached hydrogen (secondary N) is 1. The topological polar surface area (TPSA) is 74.6 Å². The number of rotatable bonds is 6. The molecule has 0 saturated carbocycles. The van der Waals surface area contributed by atoms with E-state index in [1.165, 1.54) is 19.2 Å². The molecule has 3 rings (SSSR count). The molecule has 1 saturated heterocycles. The van der Waals surface area contributed by atoms with Crippen LogP contribution in [0.15, 0.2) is 30.3 Å². The van der Waals surface area contributed by atoms with Crippen LogP contribution in [0, 0.1) is 24.1 Å². The second kappa shape index (κ2) is 9.59. The van der Waals surface area contributed by atoms with E-state index in [0.717, 1.165) is 37.2 Å². The number of piperidine rings is 1. The molecule has 2 aromatic rings. The number of carbonyl (C=O) groups excluding carboxylic acids is 1. The first-order valence-corrected chi connectivity index (χ1v) is 9.88. The van der Waals surface area contributed by atoms with Gasteiger partial charge in [0, 0.05) is 26.2 Å². The standard InChI is InChI=1S/C23H26FN3O3/c1-15-10-20(24)21(12-19(15)23(28)30-3)26-18-6-8-27(9-7-18)22-11-16(14-29-2)4-5-17(22)13-25/h4-5,10-12,18,26H,6-9,14H2,1-3H3. The van der Waals surface area contributed by atoms with E-state index in [-0.39, 0.29) is 11.9 Å². The summed E-state index contributed by atoms with van der Waals surface area (Å²) in [6.45, 7) is 3.65. The number of esters is 1. The highest BCUT2D eigenvalue weighted by molar-refractivity contribution is 5.92. The van der Waals surface area contributed by atoms with E-state index in [1.807, 2.05) is 18.2 Å². The van der Waals surface area contributed by atoms with Crippen LogP contribution in [-0.4, -0.2) is 39.3 Å². The summed E-state index contributed by atoms with van der Waals surface area (Å²) in [5.41, 5.74) is 3.75. The molecule has 2 aromatic carbocycles. The average molecular weight is 411 g/mol. The SMILES string of the molecule is COCc1ccc(C#N)c(N2CCC(Nc3cc(C(=O)OC)c(C)cc3F)CC2)c1. The molecule has 1 fully saturated rings. The van der Waals surface area contributed by atoms with E-state index in [4.69, 9.17) is 9.47 Å². The molecule has 0 amide bonds. The zero-order valence-corrected chi connectivity index (χ0v) is 17.5. The van der Waals surface area contributed by atoms with Crippen molar-refractivity contribution in [2.75, 3.05) is 37.5 Å². The number of methoxy groups -OCH3 is 2. The van der Waals surface area contributed by atoms with E-state index in [2.05, 4.69) is 16.3 Å². The summed E-state index contributed by atoms with van der Waals surface area (Å²) in [7, 11) is 2.95. The maximum atomic E-state index is 14.4. The van der Waals surface area contributed by atoms with E-state index >= 15 is 0 Å². The van der Waals surface area contributed by atoms with Crippen molar-refractivity contribution in [3.8, 4) is 6.07 Å². The molecule has 6 nitrogen and oxygen atoms in total. The third-order valence-electron chi connectivity index (χ3n) is 5.41. The predicted molar refractivity (Wildman–Crippen MR) is 113 cm³/mol. The van der Waals surface area contributed by atoms with Crippen molar-refractivity contribution >= 4 is 17.3 Å². The molecule has 30 heavy (non-hydrogen) atoms. The highest BCUT2D eigenvalue weighted by atomic mass is 19.1. The van der Waals surface area contributed by atoms with Crippen LogP contribution in [0.2, 0.25) is 0 Å². The Morgan fingerprint density at radius 2 is 2.00 bits per heavy atom. The minimum atomic E-state index is -0.481. The zero-order valence-electron chi connectivity index (χ0n) is 17.5. The summed E-state index contributed by atoms with van der Waals surface area (Å²) in [6, 6.07) is 10.9. The van der Waals surface area contributed by atoms with Crippen LogP contribution in [0.3, 0.4) is 0 Å². The monoisotopic (exact) mass is 411 g/mol. The molecule has 7 heteroatoms. The molecule has 158 valence electrons. The van der Waals surface area contributed by atoms with Crippen molar-refractivity contribution in [1.29, 1.82) is 5.26 Å². The van der Waals surface area contributed by atoms with Crippen LogP contribution in [0.25, 0.3) is 0 Å². The second-order valence-electron chi connectivity index (χ2n) is 7.44. The number of halogens is 1. The third-order valence-corrected chi connectivity index (χ3v) is 5.41. The molecule has 1 aliphatic rings. The lowest BCUT2D eigenvalue weighted by Gasteiger charge is -2.35. The lowest BCUT2D eigenvalue weighted by Crippen LogP contribution is -2.39. The minimum Gasteiger partial charge on any atom is -0.465 e. The lowest BCUT2D eigenvalue weighted by molar-refractivity contribution is 0.0600. The lowest BCUT2D eigenvalue weighted by atomic mass is 10.0. The van der Waals surface area contributed by atoms with Crippen molar-refractivity contribution in [1.82, 2.24) is 0 Å². The molecule has 0 aromatic heterocycles. The largest absolute Gasteiger partial charge is 0.465 e. The number of ether oxygens (including phenoxy) is 2. The summed E-state index contributed by atoms with van der Waals surface area (Å²) in [5.74, 6) is -0.869. The molecule has 0 radical (unpaired) electrons. The first kappa shape index (κ1) is 21.6. The third kappa shape index (κ3) is 4.71. The van der Waals surface area contributed by atoms with Gasteiger partial charge in [-0.25, -0.2) is 9.18 Å². The number of aryl methyl sites for hydroxylation is 1. The fourth-order valence-electron chi connectivity index (χ4n) is 3.79. The smallest absolute Gasteiger partial charge is 0.338 e. The van der Waals surface area contributed by atoms with Gasteiger partial charge in [-0.05, 0) is 55.2 Å². The zero-order chi connectivity index (χ0) is 21.7. The van der Waals surface area contributed by atoms with Crippen LogP contribution < -0.4 is 10.2 Å². The maximum Gasteiger partial charge on any atom is 0.338 e. The van der Waals surface area contributed by atoms with Gasteiger partial charge in [0.05, 0.1) is 36.2 Å². The second-order valence-corrected chi connectivity index (χ2v) is 7.44. The molecule has 0 unspecified atom stereocenters. The Balaban J connectivity index is 1.71. The Kier molecular flexibility index (Phi) is 6.91. The van der Waals surface area contributed by atoms with E-state index in [0.29, 0.717) is 29.0 Å². The molecular formula is C23H26FN3O3. The Bertz CT molecular complexity index is 963. The van der Waals surface area contributed by atoms with Crippen molar-refractivity contribution in [2.24, 2.45) is 0 Å². The van der Waals surface area contributed by atoms with Crippen LogP contribution in [0.4, 0.5) is 15.8 Å². The predicted octanol–water partition coefficient (Wildman–Crippen LogP) is 4.02. The molecule has 1 heterocycles. The molecule has 1 aliphatic heterocycles. The summed E-state index contributed by atoms with van der Waals surface area (Å²) >= 11 is 0. The number of nitrogens with zero attached hydrogens (tertiary/aromatic N) is 2. The van der Waals surface area contributed by atoms with Gasteiger partial charge in [-0.15, -0.1) is 0 Å². The van der Waals surface area contributed by atoms with Gasteiger partial charge in [-0.1, -0.05) is 6.07 Å². The molecule has 0 spiro atoms. The van der Waals surface area contributed by atoms with Gasteiger partial charge in [0.25, 0.3) is 0 Å². The number of hydrogen-bond acceptors (Lipinski definition) is 6. The summed E-state index contributed by atoms with van der Waals surface area (Å²) in [4.78, 5) is 14.1. The summed E-state index contributed by atoms with van der Waals surface area (Å²) in [6.07, 6.45) is 1.56. The average Bonchev–Trinajstić information content (AvgIpc) is 2.76. The fraction of sp³-hybridized carbons (Fsp3) is 0.391. The first-order chi connectivity index (χ1) is 14.5. The number of benzene rings is 2. The first-order valence-electron chi connectivity index (χ1n) is 9.88. The Hall–Kier alpha value is -3.11. The highest BCUT2D eigenvalue weighted by Crippen LogP contribution is 2.28. The highest BCUT2D eigenvalue weighted by Gasteiger charge is 2.23. The van der Waals surface area contributed by atoms with Crippen molar-refractivity contribution < 1.29 is 18.7 Å². The Morgan fingerprint density at radius 3 is 2.63 bits per heavy atom. The molecular weight excluding hydrogens is 385 g/mol. The normalized spacial score (nSPS) is 14.3. The molecule has 0 bridgehead atoms. The molecule has 0 atom stereocenters. The number of nitriles is 1. The van der Waals surface area contributed by atoms with E-state index in [9.17, 15) is 14.4 Å². The van der Waals surface area contributed by atoms with Crippen molar-refractivity contribution in [3.05, 3.63) is 58.4 Å². The van der Waals surface area contributed by atoms with Gasteiger partial charge < -0.3 is 19.7 Å². The fourth-order valence-corrected chi connectivity index (χ4v) is 3.79. The van der Waals surface area contributed by atoms with Crippen LogP contribution in [-0.2, 0) is 16.1 Å². The van der Waals surface area contributed by atoms with Crippen molar-refractivity contribution in [2.45, 2.75) is 32.4 Å². The van der Waals surface area contributed by atoms with Crippen LogP contribution in [0.1, 0.15) is 39.9 Å². The molecule has 1 N–H and O–H groups in total. The van der Waals surface area contributed by atoms with Gasteiger partial charge in [-0.3, -0.25) is 0 Å². The van der Waals surface area contributed by atoms with Gasteiger partial charge in [0.2, 0.25) is 0 Å².